The normalized spacial score (nSPS) is 20.1. The third-order valence-corrected chi connectivity index (χ3v) is 5.30. The molecule has 1 heterocycles. The quantitative estimate of drug-likeness (QED) is 0.830. The maximum absolute atomic E-state index is 12.3. The summed E-state index contributed by atoms with van der Waals surface area (Å²) in [5.41, 5.74) is 2.02. The number of nitrogens with zero attached hydrogens (tertiary/aromatic N) is 1. The maximum atomic E-state index is 12.3. The number of hydrogen-bond donors (Lipinski definition) is 0. The summed E-state index contributed by atoms with van der Waals surface area (Å²) in [6.07, 6.45) is 2.53. The Morgan fingerprint density at radius 3 is 2.76 bits per heavy atom. The van der Waals surface area contributed by atoms with Crippen LogP contribution in [0.1, 0.15) is 32.3 Å². The molecule has 2 rings (SSSR count). The number of aryl methyl sites for hydroxylation is 1. The van der Waals surface area contributed by atoms with Crippen molar-refractivity contribution >= 4 is 15.7 Å². The summed E-state index contributed by atoms with van der Waals surface area (Å²) in [7, 11) is -3.16. The van der Waals surface area contributed by atoms with Crippen LogP contribution in [0.25, 0.3) is 0 Å². The van der Waals surface area contributed by atoms with Gasteiger partial charge in [0.15, 0.2) is 0 Å². The molecule has 0 fully saturated rings. The molecular weight excluding hydrogens is 234 g/mol. The zero-order valence-electron chi connectivity index (χ0n) is 10.4. The molecule has 0 aromatic heterocycles. The van der Waals surface area contributed by atoms with Gasteiger partial charge in [0.05, 0.1) is 11.4 Å². The van der Waals surface area contributed by atoms with Crippen LogP contribution in [0.2, 0.25) is 0 Å². The highest BCUT2D eigenvalue weighted by Gasteiger charge is 2.31. The molecule has 3 nitrogen and oxygen atoms in total. The third-order valence-electron chi connectivity index (χ3n) is 3.22. The fourth-order valence-electron chi connectivity index (χ4n) is 2.44. The van der Waals surface area contributed by atoms with Gasteiger partial charge in [0, 0.05) is 6.04 Å². The number of rotatable bonds is 3. The summed E-state index contributed by atoms with van der Waals surface area (Å²) in [5, 5.41) is 0. The lowest BCUT2D eigenvalue weighted by Gasteiger charge is -2.35. The second-order valence-electron chi connectivity index (χ2n) is 4.63. The van der Waals surface area contributed by atoms with Gasteiger partial charge in [-0.05, 0) is 37.8 Å². The molecule has 0 bridgehead atoms. The highest BCUT2D eigenvalue weighted by Crippen LogP contribution is 2.32. The summed E-state index contributed by atoms with van der Waals surface area (Å²) >= 11 is 0. The molecule has 0 aliphatic carbocycles. The van der Waals surface area contributed by atoms with Gasteiger partial charge in [-0.15, -0.1) is 0 Å². The first-order valence-corrected chi connectivity index (χ1v) is 7.77. The first kappa shape index (κ1) is 12.4. The predicted molar refractivity (Wildman–Crippen MR) is 70.8 cm³/mol. The van der Waals surface area contributed by atoms with E-state index in [0.717, 1.165) is 24.1 Å². The van der Waals surface area contributed by atoms with Gasteiger partial charge in [0.25, 0.3) is 0 Å². The largest absolute Gasteiger partial charge is 0.267 e. The molecule has 1 unspecified atom stereocenters. The van der Waals surface area contributed by atoms with Crippen molar-refractivity contribution in [2.24, 2.45) is 0 Å². The van der Waals surface area contributed by atoms with Gasteiger partial charge in [-0.2, -0.15) is 0 Å². The van der Waals surface area contributed by atoms with E-state index in [9.17, 15) is 8.42 Å². The highest BCUT2D eigenvalue weighted by atomic mass is 32.2. The van der Waals surface area contributed by atoms with Gasteiger partial charge < -0.3 is 0 Å². The van der Waals surface area contributed by atoms with Crippen LogP contribution in [-0.4, -0.2) is 20.2 Å². The minimum atomic E-state index is -3.16. The average Bonchev–Trinajstić information content (AvgIpc) is 2.28. The second-order valence-corrected chi connectivity index (χ2v) is 6.59. The summed E-state index contributed by atoms with van der Waals surface area (Å²) in [4.78, 5) is 0. The van der Waals surface area contributed by atoms with Gasteiger partial charge in [0.2, 0.25) is 10.0 Å². The Morgan fingerprint density at radius 1 is 1.35 bits per heavy atom. The molecule has 0 N–H and O–H groups in total. The minimum Gasteiger partial charge on any atom is -0.267 e. The standard InChI is InChI=1S/C13H19NO2S/c1-3-10-17(15,16)14-11(2)8-9-12-6-4-5-7-13(12)14/h4-7,11H,3,8-10H2,1-2H3. The first-order valence-electron chi connectivity index (χ1n) is 6.16. The monoisotopic (exact) mass is 253 g/mol. The van der Waals surface area contributed by atoms with Crippen LogP contribution in [0, 0.1) is 0 Å². The number of para-hydroxylation sites is 1. The fourth-order valence-corrected chi connectivity index (χ4v) is 4.28. The number of benzene rings is 1. The average molecular weight is 253 g/mol. The number of hydrogen-bond acceptors (Lipinski definition) is 2. The van der Waals surface area contributed by atoms with E-state index in [1.54, 1.807) is 4.31 Å². The van der Waals surface area contributed by atoms with Crippen molar-refractivity contribution in [1.82, 2.24) is 0 Å². The van der Waals surface area contributed by atoms with Crippen LogP contribution in [0.5, 0.6) is 0 Å². The van der Waals surface area contributed by atoms with Crippen molar-refractivity contribution in [1.29, 1.82) is 0 Å². The predicted octanol–water partition coefficient (Wildman–Crippen LogP) is 2.57. The van der Waals surface area contributed by atoms with Gasteiger partial charge >= 0.3 is 0 Å². The molecule has 4 heteroatoms. The summed E-state index contributed by atoms with van der Waals surface area (Å²) < 4.78 is 26.2. The molecule has 17 heavy (non-hydrogen) atoms. The Labute approximate surface area is 104 Å². The van der Waals surface area contributed by atoms with Gasteiger partial charge in [-0.3, -0.25) is 4.31 Å². The highest BCUT2D eigenvalue weighted by molar-refractivity contribution is 7.92. The molecule has 1 aliphatic heterocycles. The Bertz CT molecular complexity index is 496. The molecule has 1 aromatic rings. The Balaban J connectivity index is 2.46. The topological polar surface area (TPSA) is 37.4 Å². The van der Waals surface area contributed by atoms with E-state index in [4.69, 9.17) is 0 Å². The lowest BCUT2D eigenvalue weighted by molar-refractivity contribution is 0.562. The lowest BCUT2D eigenvalue weighted by Crippen LogP contribution is -2.43. The Hall–Kier alpha value is -1.03. The molecule has 0 spiro atoms. The van der Waals surface area contributed by atoms with Crippen LogP contribution in [0.3, 0.4) is 0 Å². The molecule has 0 saturated heterocycles. The maximum Gasteiger partial charge on any atom is 0.235 e. The molecule has 0 radical (unpaired) electrons. The minimum absolute atomic E-state index is 0.0708. The van der Waals surface area contributed by atoms with E-state index in [1.165, 1.54) is 0 Å². The van der Waals surface area contributed by atoms with E-state index >= 15 is 0 Å². The fraction of sp³-hybridized carbons (Fsp3) is 0.538. The van der Waals surface area contributed by atoms with E-state index in [0.29, 0.717) is 6.42 Å². The summed E-state index contributed by atoms with van der Waals surface area (Å²) in [5.74, 6) is 0.228. The van der Waals surface area contributed by atoms with Gasteiger partial charge in [0.1, 0.15) is 0 Å². The van der Waals surface area contributed by atoms with E-state index in [2.05, 4.69) is 0 Å². The van der Waals surface area contributed by atoms with Crippen molar-refractivity contribution in [3.05, 3.63) is 29.8 Å². The number of sulfonamides is 1. The SMILES string of the molecule is CCCS(=O)(=O)N1c2ccccc2CCC1C. The van der Waals surface area contributed by atoms with Crippen LogP contribution >= 0.6 is 0 Å². The van der Waals surface area contributed by atoms with Crippen LogP contribution < -0.4 is 4.31 Å². The van der Waals surface area contributed by atoms with E-state index < -0.39 is 10.0 Å². The van der Waals surface area contributed by atoms with E-state index in [1.807, 2.05) is 38.1 Å². The third kappa shape index (κ3) is 2.32. The zero-order chi connectivity index (χ0) is 12.5. The molecule has 1 atom stereocenters. The van der Waals surface area contributed by atoms with Crippen molar-refractivity contribution in [3.8, 4) is 0 Å². The molecule has 0 saturated carbocycles. The van der Waals surface area contributed by atoms with Gasteiger partial charge in [-0.25, -0.2) is 8.42 Å². The zero-order valence-corrected chi connectivity index (χ0v) is 11.2. The molecule has 94 valence electrons. The number of fused-ring (bicyclic) bond motifs is 1. The van der Waals surface area contributed by atoms with E-state index in [-0.39, 0.29) is 11.8 Å². The van der Waals surface area contributed by atoms with Crippen LogP contribution in [0.15, 0.2) is 24.3 Å². The number of anilines is 1. The van der Waals surface area contributed by atoms with Gasteiger partial charge in [-0.1, -0.05) is 25.1 Å². The van der Waals surface area contributed by atoms with Crippen LogP contribution in [0.4, 0.5) is 5.69 Å². The second kappa shape index (κ2) is 4.69. The summed E-state index contributed by atoms with van der Waals surface area (Å²) in [6.45, 7) is 3.89. The van der Waals surface area contributed by atoms with Crippen molar-refractivity contribution in [2.75, 3.05) is 10.1 Å². The molecule has 1 aliphatic rings. The molecule has 0 amide bonds. The molecule has 1 aromatic carbocycles. The van der Waals surface area contributed by atoms with Crippen LogP contribution in [-0.2, 0) is 16.4 Å². The van der Waals surface area contributed by atoms with Crippen molar-refractivity contribution in [3.63, 3.8) is 0 Å². The Kier molecular flexibility index (Phi) is 3.43. The van der Waals surface area contributed by atoms with Crippen molar-refractivity contribution < 1.29 is 8.42 Å². The lowest BCUT2D eigenvalue weighted by atomic mass is 9.99. The first-order chi connectivity index (χ1) is 8.06. The Morgan fingerprint density at radius 2 is 2.06 bits per heavy atom. The van der Waals surface area contributed by atoms with Crippen molar-refractivity contribution in [2.45, 2.75) is 39.2 Å². The molecular formula is C13H19NO2S. The summed E-state index contributed by atoms with van der Waals surface area (Å²) in [6, 6.07) is 7.89. The smallest absolute Gasteiger partial charge is 0.235 e.